The molecule has 35 heavy (non-hydrogen) atoms. The molecular weight excluding hydrogens is 494 g/mol. The van der Waals surface area contributed by atoms with E-state index >= 15 is 0 Å². The van der Waals surface area contributed by atoms with Gasteiger partial charge in [0, 0.05) is 23.1 Å². The average Bonchev–Trinajstić information content (AvgIpc) is 3.30. The van der Waals surface area contributed by atoms with Gasteiger partial charge in [-0.25, -0.2) is 4.79 Å². The molecule has 2 aromatic rings. The monoisotopic (exact) mass is 523 g/mol. The molecule has 13 heteroatoms. The number of hydrogen-bond acceptors (Lipinski definition) is 11. The summed E-state index contributed by atoms with van der Waals surface area (Å²) in [5.74, 6) is -0.845. The van der Waals surface area contributed by atoms with E-state index in [1.807, 2.05) is 6.07 Å². The highest BCUT2D eigenvalue weighted by atomic mass is 32.2. The summed E-state index contributed by atoms with van der Waals surface area (Å²) < 4.78 is 9.93. The molecule has 0 radical (unpaired) electrons. The number of aryl methyl sites for hydroxylation is 1. The first-order chi connectivity index (χ1) is 16.8. The molecule has 0 fully saturated rings. The Morgan fingerprint density at radius 3 is 2.77 bits per heavy atom. The Bertz CT molecular complexity index is 1120. The summed E-state index contributed by atoms with van der Waals surface area (Å²) in [6, 6.07) is 2.64. The van der Waals surface area contributed by atoms with Crippen LogP contribution in [-0.2, 0) is 25.5 Å². The molecule has 2 aromatic heterocycles. The third kappa shape index (κ3) is 7.46. The van der Waals surface area contributed by atoms with E-state index in [1.165, 1.54) is 23.1 Å². The number of anilines is 2. The van der Waals surface area contributed by atoms with Crippen molar-refractivity contribution < 1.29 is 23.9 Å². The molecule has 5 N–H and O–H groups in total. The van der Waals surface area contributed by atoms with Crippen molar-refractivity contribution in [3.63, 3.8) is 0 Å². The van der Waals surface area contributed by atoms with Gasteiger partial charge < -0.3 is 25.8 Å². The van der Waals surface area contributed by atoms with Gasteiger partial charge in [-0.3, -0.25) is 19.4 Å². The number of carbonyl (C=O) groups excluding carboxylic acids is 3. The van der Waals surface area contributed by atoms with Crippen molar-refractivity contribution >= 4 is 52.7 Å². The smallest absolute Gasteiger partial charge is 0.328 e. The summed E-state index contributed by atoms with van der Waals surface area (Å²) >= 11 is 2.80. The van der Waals surface area contributed by atoms with Crippen LogP contribution in [0.4, 0.5) is 11.8 Å². The lowest BCUT2D eigenvalue weighted by Crippen LogP contribution is -2.42. The number of H-pyrrole nitrogens is 1. The zero-order chi connectivity index (χ0) is 25.4. The number of nitrogen functional groups attached to an aromatic ring is 1. The number of carbonyl (C=O) groups is 3. The van der Waals surface area contributed by atoms with E-state index in [4.69, 9.17) is 15.2 Å². The molecule has 3 heterocycles. The molecule has 190 valence electrons. The fourth-order valence-corrected chi connectivity index (χ4v) is 5.49. The molecule has 3 rings (SSSR count). The zero-order valence-corrected chi connectivity index (χ0v) is 21.2. The van der Waals surface area contributed by atoms with Gasteiger partial charge in [0.1, 0.15) is 16.8 Å². The highest BCUT2D eigenvalue weighted by Crippen LogP contribution is 2.33. The Hall–Kier alpha value is -3.06. The number of hydrogen-bond donors (Lipinski definition) is 4. The lowest BCUT2D eigenvalue weighted by molar-refractivity contribution is -0.146. The Labute approximate surface area is 210 Å². The van der Waals surface area contributed by atoms with Crippen LogP contribution in [0.1, 0.15) is 47.7 Å². The number of nitrogens with one attached hydrogen (secondary N) is 3. The summed E-state index contributed by atoms with van der Waals surface area (Å²) in [6.45, 7) is 4.44. The van der Waals surface area contributed by atoms with Crippen molar-refractivity contribution in [1.29, 1.82) is 0 Å². The molecular formula is C22H29N5O6S2. The van der Waals surface area contributed by atoms with Gasteiger partial charge in [-0.2, -0.15) is 4.98 Å². The first kappa shape index (κ1) is 26.5. The number of nitrogens with two attached hydrogens (primary N) is 1. The normalized spacial score (nSPS) is 15.4. The van der Waals surface area contributed by atoms with Gasteiger partial charge in [-0.05, 0) is 45.2 Å². The zero-order valence-electron chi connectivity index (χ0n) is 19.5. The minimum atomic E-state index is -0.942. The molecule has 1 aliphatic rings. The summed E-state index contributed by atoms with van der Waals surface area (Å²) in [5, 5.41) is 5.99. The maximum Gasteiger partial charge on any atom is 0.328 e. The van der Waals surface area contributed by atoms with Crippen LogP contribution >= 0.6 is 23.1 Å². The second-order valence-electron chi connectivity index (χ2n) is 7.68. The average molecular weight is 524 g/mol. The minimum absolute atomic E-state index is 0.00550. The van der Waals surface area contributed by atoms with Gasteiger partial charge in [0.05, 0.1) is 18.1 Å². The molecule has 0 saturated heterocycles. The summed E-state index contributed by atoms with van der Waals surface area (Å²) in [4.78, 5) is 57.5. The van der Waals surface area contributed by atoms with Crippen LogP contribution in [0.15, 0.2) is 21.8 Å². The molecule has 0 aliphatic carbocycles. The number of thioether (sulfide) groups is 1. The van der Waals surface area contributed by atoms with Crippen molar-refractivity contribution in [2.45, 2.75) is 55.7 Å². The van der Waals surface area contributed by atoms with Crippen LogP contribution in [0.25, 0.3) is 0 Å². The first-order valence-electron chi connectivity index (χ1n) is 11.3. The molecule has 0 aromatic carbocycles. The molecule has 11 nitrogen and oxygen atoms in total. The van der Waals surface area contributed by atoms with E-state index in [0.717, 1.165) is 17.7 Å². The van der Waals surface area contributed by atoms with E-state index in [9.17, 15) is 19.2 Å². The van der Waals surface area contributed by atoms with Crippen LogP contribution in [0.2, 0.25) is 0 Å². The standard InChI is InChI=1S/C22H29N5O6S2/c1-3-32-16(28)10-8-14(21(31)33-4-2)25-19(29)15-9-7-12(34-15)5-6-13-11-24-18-17(35-13)20(30)27-22(23)26-18/h7,9,13-14H,3-6,8,10-11H2,1-2H3,(H,25,29)(H4,23,24,26,27,30). The van der Waals surface area contributed by atoms with Gasteiger partial charge in [-0.15, -0.1) is 23.1 Å². The lowest BCUT2D eigenvalue weighted by atomic mass is 10.1. The maximum absolute atomic E-state index is 12.8. The number of amides is 1. The van der Waals surface area contributed by atoms with E-state index in [0.29, 0.717) is 22.1 Å². The van der Waals surface area contributed by atoms with Gasteiger partial charge in [0.2, 0.25) is 5.95 Å². The molecule has 0 spiro atoms. The third-order valence-electron chi connectivity index (χ3n) is 5.09. The number of rotatable bonds is 11. The highest BCUT2D eigenvalue weighted by molar-refractivity contribution is 8.00. The number of aromatic nitrogens is 2. The maximum atomic E-state index is 12.8. The molecule has 1 aliphatic heterocycles. The number of ether oxygens (including phenoxy) is 2. The molecule has 0 bridgehead atoms. The molecule has 2 atom stereocenters. The number of fused-ring (bicyclic) bond motifs is 1. The number of nitrogens with zero attached hydrogens (tertiary/aromatic N) is 1. The second-order valence-corrected chi connectivity index (χ2v) is 10.2. The van der Waals surface area contributed by atoms with Crippen molar-refractivity contribution in [2.24, 2.45) is 0 Å². The summed E-state index contributed by atoms with van der Waals surface area (Å²) in [6.07, 6.45) is 1.59. The second kappa shape index (κ2) is 12.6. The van der Waals surface area contributed by atoms with Crippen LogP contribution in [0, 0.1) is 0 Å². The van der Waals surface area contributed by atoms with Gasteiger partial charge in [0.15, 0.2) is 0 Å². The molecule has 1 amide bonds. The van der Waals surface area contributed by atoms with Crippen LogP contribution in [0.5, 0.6) is 0 Å². The van der Waals surface area contributed by atoms with Crippen LogP contribution in [-0.4, -0.2) is 58.9 Å². The van der Waals surface area contributed by atoms with Gasteiger partial charge in [0.25, 0.3) is 11.5 Å². The predicted molar refractivity (Wildman–Crippen MR) is 134 cm³/mol. The highest BCUT2D eigenvalue weighted by Gasteiger charge is 2.26. The SMILES string of the molecule is CCOC(=O)CCC(NC(=O)c1ccc(CCC2CNc3nc(N)[nH]c(=O)c3S2)s1)C(=O)OCC. The van der Waals surface area contributed by atoms with E-state index in [2.05, 4.69) is 20.6 Å². The van der Waals surface area contributed by atoms with Crippen molar-refractivity contribution in [1.82, 2.24) is 15.3 Å². The van der Waals surface area contributed by atoms with Crippen molar-refractivity contribution in [3.8, 4) is 0 Å². The van der Waals surface area contributed by atoms with Crippen LogP contribution in [0.3, 0.4) is 0 Å². The quantitative estimate of drug-likeness (QED) is 0.320. The fraction of sp³-hybridized carbons (Fsp3) is 0.500. The largest absolute Gasteiger partial charge is 0.466 e. The summed E-state index contributed by atoms with van der Waals surface area (Å²) in [5.41, 5.74) is 5.33. The Kier molecular flexibility index (Phi) is 9.55. The van der Waals surface area contributed by atoms with Crippen molar-refractivity contribution in [3.05, 3.63) is 32.2 Å². The number of aromatic amines is 1. The van der Waals surface area contributed by atoms with Gasteiger partial charge in [-0.1, -0.05) is 0 Å². The number of thiophene rings is 1. The fourth-order valence-electron chi connectivity index (χ4n) is 3.44. The third-order valence-corrected chi connectivity index (χ3v) is 7.59. The lowest BCUT2D eigenvalue weighted by Gasteiger charge is -2.23. The van der Waals surface area contributed by atoms with E-state index in [1.54, 1.807) is 19.9 Å². The predicted octanol–water partition coefficient (Wildman–Crippen LogP) is 1.94. The first-order valence-corrected chi connectivity index (χ1v) is 13.0. The topological polar surface area (TPSA) is 165 Å². The van der Waals surface area contributed by atoms with Crippen LogP contribution < -0.4 is 21.9 Å². The molecule has 2 unspecified atom stereocenters. The van der Waals surface area contributed by atoms with Gasteiger partial charge >= 0.3 is 11.9 Å². The summed E-state index contributed by atoms with van der Waals surface area (Å²) in [7, 11) is 0. The van der Waals surface area contributed by atoms with Crippen molar-refractivity contribution in [2.75, 3.05) is 30.8 Å². The number of esters is 2. The minimum Gasteiger partial charge on any atom is -0.466 e. The van der Waals surface area contributed by atoms with E-state index < -0.39 is 23.9 Å². The Morgan fingerprint density at radius 1 is 1.26 bits per heavy atom. The Balaban J connectivity index is 1.55. The molecule has 0 saturated carbocycles. The van der Waals surface area contributed by atoms with E-state index in [-0.39, 0.29) is 42.8 Å². The Morgan fingerprint density at radius 2 is 2.03 bits per heavy atom.